The number of anilines is 1. The summed E-state index contributed by atoms with van der Waals surface area (Å²) in [6.07, 6.45) is 2.66. The van der Waals surface area contributed by atoms with Crippen molar-refractivity contribution in [3.05, 3.63) is 58.3 Å². The monoisotopic (exact) mass is 412 g/mol. The third kappa shape index (κ3) is 3.55. The Morgan fingerprint density at radius 3 is 2.86 bits per heavy atom. The number of aromatic nitrogens is 1. The highest BCUT2D eigenvalue weighted by molar-refractivity contribution is 7.21. The summed E-state index contributed by atoms with van der Waals surface area (Å²) in [5.41, 5.74) is 7.63. The van der Waals surface area contributed by atoms with E-state index in [4.69, 9.17) is 10.7 Å². The SMILES string of the molecule is CNC(=O)c1sc2nc([C@@H]3CCCCN3C(=O)c3cccc(F)c3)ccc2c1N. The number of carbonyl (C=O) groups excluding carboxylic acids is 2. The van der Waals surface area contributed by atoms with Gasteiger partial charge in [0.25, 0.3) is 11.8 Å². The minimum atomic E-state index is -0.431. The third-order valence-corrected chi connectivity index (χ3v) is 6.34. The van der Waals surface area contributed by atoms with Crippen LogP contribution >= 0.6 is 11.3 Å². The number of pyridine rings is 1. The van der Waals surface area contributed by atoms with Crippen LogP contribution in [0.5, 0.6) is 0 Å². The van der Waals surface area contributed by atoms with Crippen LogP contribution in [0, 0.1) is 5.82 Å². The molecule has 1 aliphatic rings. The first-order valence-electron chi connectivity index (χ1n) is 9.47. The van der Waals surface area contributed by atoms with Crippen molar-refractivity contribution in [3.63, 3.8) is 0 Å². The number of nitrogen functional groups attached to an aromatic ring is 1. The highest BCUT2D eigenvalue weighted by atomic mass is 32.1. The molecular formula is C21H21FN4O2S. The summed E-state index contributed by atoms with van der Waals surface area (Å²) in [5.74, 6) is -0.875. The molecule has 6 nitrogen and oxygen atoms in total. The molecule has 0 spiro atoms. The van der Waals surface area contributed by atoms with E-state index in [0.29, 0.717) is 27.5 Å². The highest BCUT2D eigenvalue weighted by Crippen LogP contribution is 2.36. The Hall–Kier alpha value is -3.00. The van der Waals surface area contributed by atoms with Crippen molar-refractivity contribution in [2.24, 2.45) is 0 Å². The number of hydrogen-bond donors (Lipinski definition) is 2. The van der Waals surface area contributed by atoms with Crippen molar-refractivity contribution in [2.75, 3.05) is 19.3 Å². The maximum absolute atomic E-state index is 13.6. The first-order chi connectivity index (χ1) is 14.0. The van der Waals surface area contributed by atoms with Crippen molar-refractivity contribution in [2.45, 2.75) is 25.3 Å². The standard InChI is InChI=1S/C21H21FN4O2S/c1-24-19(27)18-17(23)14-8-9-15(25-20(14)29-18)16-7-2-3-10-26(16)21(28)12-5-4-6-13(22)11-12/h4-6,8-9,11,16H,2-3,7,10,23H2,1H3,(H,24,27)/t16-/m0/s1. The van der Waals surface area contributed by atoms with Gasteiger partial charge in [-0.2, -0.15) is 0 Å². The van der Waals surface area contributed by atoms with Crippen LogP contribution in [-0.4, -0.2) is 35.3 Å². The van der Waals surface area contributed by atoms with Gasteiger partial charge in [-0.1, -0.05) is 6.07 Å². The van der Waals surface area contributed by atoms with Gasteiger partial charge in [0.2, 0.25) is 0 Å². The van der Waals surface area contributed by atoms with Gasteiger partial charge in [-0.05, 0) is 49.6 Å². The van der Waals surface area contributed by atoms with Gasteiger partial charge in [-0.3, -0.25) is 9.59 Å². The molecule has 0 aliphatic carbocycles. The Morgan fingerprint density at radius 1 is 1.28 bits per heavy atom. The predicted octanol–water partition coefficient (Wildman–Crippen LogP) is 3.74. The van der Waals surface area contributed by atoms with Crippen LogP contribution in [0.1, 0.15) is 51.0 Å². The number of piperidine rings is 1. The van der Waals surface area contributed by atoms with E-state index >= 15 is 0 Å². The number of likely N-dealkylation sites (tertiary alicyclic amines) is 1. The zero-order valence-electron chi connectivity index (χ0n) is 15.9. The molecule has 0 unspecified atom stereocenters. The van der Waals surface area contributed by atoms with E-state index < -0.39 is 5.82 Å². The second-order valence-electron chi connectivity index (χ2n) is 7.03. The van der Waals surface area contributed by atoms with Crippen molar-refractivity contribution < 1.29 is 14.0 Å². The topological polar surface area (TPSA) is 88.3 Å². The minimum absolute atomic E-state index is 0.198. The number of benzene rings is 1. The Morgan fingerprint density at radius 2 is 2.10 bits per heavy atom. The van der Waals surface area contributed by atoms with Crippen LogP contribution in [0.4, 0.5) is 10.1 Å². The number of halogens is 1. The lowest BCUT2D eigenvalue weighted by molar-refractivity contribution is 0.0606. The summed E-state index contributed by atoms with van der Waals surface area (Å²) in [5, 5.41) is 3.32. The van der Waals surface area contributed by atoms with Crippen molar-refractivity contribution in [1.29, 1.82) is 0 Å². The van der Waals surface area contributed by atoms with E-state index in [0.717, 1.165) is 30.3 Å². The lowest BCUT2D eigenvalue weighted by Crippen LogP contribution is -2.38. The van der Waals surface area contributed by atoms with E-state index in [1.54, 1.807) is 24.1 Å². The Kier molecular flexibility index (Phi) is 5.19. The van der Waals surface area contributed by atoms with Crippen molar-refractivity contribution >= 4 is 39.1 Å². The van der Waals surface area contributed by atoms with Gasteiger partial charge in [0, 0.05) is 24.5 Å². The summed E-state index contributed by atoms with van der Waals surface area (Å²) in [6.45, 7) is 0.593. The molecule has 4 rings (SSSR count). The normalized spacial score (nSPS) is 16.8. The smallest absolute Gasteiger partial charge is 0.263 e. The number of rotatable bonds is 3. The molecular weight excluding hydrogens is 391 g/mol. The number of amides is 2. The van der Waals surface area contributed by atoms with Crippen LogP contribution in [0.2, 0.25) is 0 Å². The number of nitrogens with two attached hydrogens (primary N) is 1. The molecule has 3 aromatic rings. The molecule has 8 heteroatoms. The van der Waals surface area contributed by atoms with Gasteiger partial charge >= 0.3 is 0 Å². The molecule has 1 fully saturated rings. The van der Waals surface area contributed by atoms with Gasteiger partial charge in [-0.25, -0.2) is 9.37 Å². The first-order valence-corrected chi connectivity index (χ1v) is 10.3. The van der Waals surface area contributed by atoms with Gasteiger partial charge in [0.05, 0.1) is 17.4 Å². The number of thiophene rings is 1. The van der Waals surface area contributed by atoms with Gasteiger partial charge in [0.1, 0.15) is 15.5 Å². The molecule has 3 N–H and O–H groups in total. The molecule has 150 valence electrons. The van der Waals surface area contributed by atoms with E-state index in [-0.39, 0.29) is 17.9 Å². The largest absolute Gasteiger partial charge is 0.397 e. The number of nitrogens with one attached hydrogen (secondary N) is 1. The van der Waals surface area contributed by atoms with E-state index in [1.165, 1.54) is 23.5 Å². The second kappa shape index (κ2) is 7.79. The molecule has 3 heterocycles. The third-order valence-electron chi connectivity index (χ3n) is 5.23. The van der Waals surface area contributed by atoms with E-state index in [2.05, 4.69) is 5.32 Å². The average Bonchev–Trinajstić information content (AvgIpc) is 3.08. The van der Waals surface area contributed by atoms with Crippen LogP contribution < -0.4 is 11.1 Å². The average molecular weight is 412 g/mol. The number of fused-ring (bicyclic) bond motifs is 1. The maximum Gasteiger partial charge on any atom is 0.263 e. The number of nitrogens with zero attached hydrogens (tertiary/aromatic N) is 2. The highest BCUT2D eigenvalue weighted by Gasteiger charge is 2.30. The summed E-state index contributed by atoms with van der Waals surface area (Å²) in [4.78, 5) is 32.7. The van der Waals surface area contributed by atoms with Crippen LogP contribution in [0.25, 0.3) is 10.2 Å². The summed E-state index contributed by atoms with van der Waals surface area (Å²) in [7, 11) is 1.56. The Labute approximate surface area is 171 Å². The minimum Gasteiger partial charge on any atom is -0.397 e. The van der Waals surface area contributed by atoms with Crippen molar-refractivity contribution in [1.82, 2.24) is 15.2 Å². The molecule has 2 amide bonds. The Bertz CT molecular complexity index is 1100. The zero-order valence-corrected chi connectivity index (χ0v) is 16.8. The van der Waals surface area contributed by atoms with E-state index in [9.17, 15) is 14.0 Å². The summed E-state index contributed by atoms with van der Waals surface area (Å²) < 4.78 is 13.6. The van der Waals surface area contributed by atoms with Crippen LogP contribution in [0.3, 0.4) is 0 Å². The zero-order chi connectivity index (χ0) is 20.5. The van der Waals surface area contributed by atoms with E-state index in [1.807, 2.05) is 12.1 Å². The lowest BCUT2D eigenvalue weighted by Gasteiger charge is -2.35. The summed E-state index contributed by atoms with van der Waals surface area (Å²) >= 11 is 1.24. The summed E-state index contributed by atoms with van der Waals surface area (Å²) in [6, 6.07) is 9.28. The fraction of sp³-hybridized carbons (Fsp3) is 0.286. The van der Waals surface area contributed by atoms with Gasteiger partial charge in [-0.15, -0.1) is 11.3 Å². The molecule has 1 saturated heterocycles. The van der Waals surface area contributed by atoms with Crippen molar-refractivity contribution in [3.8, 4) is 0 Å². The van der Waals surface area contributed by atoms with Crippen LogP contribution in [0.15, 0.2) is 36.4 Å². The number of hydrogen-bond acceptors (Lipinski definition) is 5. The predicted molar refractivity (Wildman–Crippen MR) is 111 cm³/mol. The molecule has 2 aromatic heterocycles. The quantitative estimate of drug-likeness (QED) is 0.686. The molecule has 29 heavy (non-hydrogen) atoms. The Balaban J connectivity index is 1.70. The first kappa shape index (κ1) is 19.3. The molecule has 0 radical (unpaired) electrons. The lowest BCUT2D eigenvalue weighted by atomic mass is 9.97. The van der Waals surface area contributed by atoms with Gasteiger partial charge in [0.15, 0.2) is 0 Å². The second-order valence-corrected chi connectivity index (χ2v) is 8.03. The molecule has 1 aromatic carbocycles. The molecule has 0 bridgehead atoms. The fourth-order valence-corrected chi connectivity index (χ4v) is 4.80. The molecule has 1 atom stereocenters. The fourth-order valence-electron chi connectivity index (χ4n) is 3.75. The van der Waals surface area contributed by atoms with Crippen LogP contribution in [-0.2, 0) is 0 Å². The maximum atomic E-state index is 13.6. The molecule has 0 saturated carbocycles. The number of carbonyl (C=O) groups is 2. The molecule has 1 aliphatic heterocycles. The van der Waals surface area contributed by atoms with Gasteiger partial charge < -0.3 is 16.0 Å².